The molecule has 0 saturated carbocycles. The second-order valence-electron chi connectivity index (χ2n) is 4.27. The predicted octanol–water partition coefficient (Wildman–Crippen LogP) is -4.66. The highest BCUT2D eigenvalue weighted by Gasteiger charge is 2.31. The lowest BCUT2D eigenvalue weighted by Crippen LogP contribution is -2.51. The predicted molar refractivity (Wildman–Crippen MR) is 64.4 cm³/mol. The molecular weight excluding hydrogens is 276 g/mol. The number of aliphatic hydroxyl groups excluding tert-OH is 5. The molecule has 0 saturated heterocycles. The van der Waals surface area contributed by atoms with Crippen LogP contribution in [0.4, 0.5) is 0 Å². The largest absolute Gasteiger partial charge is 0.480 e. The van der Waals surface area contributed by atoms with Gasteiger partial charge in [-0.2, -0.15) is 0 Å². The second kappa shape index (κ2) is 8.79. The lowest BCUT2D eigenvalue weighted by Gasteiger charge is -2.26. The summed E-state index contributed by atoms with van der Waals surface area (Å²) in [4.78, 5) is 21.4. The van der Waals surface area contributed by atoms with Gasteiger partial charge in [0.15, 0.2) is 0 Å². The first-order valence-electron chi connectivity index (χ1n) is 5.78. The van der Waals surface area contributed by atoms with Gasteiger partial charge in [0, 0.05) is 6.54 Å². The number of hydrogen-bond acceptors (Lipinski definition) is 8. The van der Waals surface area contributed by atoms with E-state index in [0.717, 1.165) is 0 Å². The van der Waals surface area contributed by atoms with Crippen molar-refractivity contribution in [1.82, 2.24) is 5.32 Å². The van der Waals surface area contributed by atoms with Crippen LogP contribution in [0.25, 0.3) is 0 Å². The van der Waals surface area contributed by atoms with Gasteiger partial charge in [-0.3, -0.25) is 9.59 Å². The smallest absolute Gasteiger partial charge is 0.321 e. The molecule has 10 heteroatoms. The lowest BCUT2D eigenvalue weighted by atomic mass is 10.0. The zero-order valence-electron chi connectivity index (χ0n) is 10.6. The molecular formula is C10H20N2O8. The van der Waals surface area contributed by atoms with Crippen LogP contribution in [0.2, 0.25) is 0 Å². The van der Waals surface area contributed by atoms with E-state index in [1.165, 1.54) is 0 Å². The van der Waals surface area contributed by atoms with Crippen LogP contribution in [0.3, 0.4) is 0 Å². The fourth-order valence-electron chi connectivity index (χ4n) is 1.39. The number of carboxylic acids is 1. The summed E-state index contributed by atoms with van der Waals surface area (Å²) < 4.78 is 0. The minimum absolute atomic E-state index is 0.472. The quantitative estimate of drug-likeness (QED) is 0.195. The molecule has 1 amide bonds. The molecule has 0 aliphatic carbocycles. The zero-order chi connectivity index (χ0) is 15.9. The van der Waals surface area contributed by atoms with Crippen LogP contribution in [0.1, 0.15) is 6.42 Å². The first kappa shape index (κ1) is 18.7. The molecule has 0 spiro atoms. The molecule has 10 nitrogen and oxygen atoms in total. The summed E-state index contributed by atoms with van der Waals surface area (Å²) in [5, 5.41) is 57.0. The van der Waals surface area contributed by atoms with Crippen molar-refractivity contribution in [1.29, 1.82) is 0 Å². The van der Waals surface area contributed by atoms with E-state index in [2.05, 4.69) is 5.32 Å². The molecule has 0 aromatic rings. The van der Waals surface area contributed by atoms with Crippen LogP contribution in [0.15, 0.2) is 0 Å². The maximum Gasteiger partial charge on any atom is 0.321 e. The Morgan fingerprint density at radius 1 is 1.05 bits per heavy atom. The number of rotatable bonds is 10. The van der Waals surface area contributed by atoms with E-state index in [4.69, 9.17) is 21.1 Å². The molecule has 0 aliphatic rings. The normalized spacial score (nSPS) is 18.9. The molecule has 0 radical (unpaired) electrons. The third-order valence-electron chi connectivity index (χ3n) is 2.60. The summed E-state index contributed by atoms with van der Waals surface area (Å²) in [5.74, 6) is -2.24. The van der Waals surface area contributed by atoms with Crippen LogP contribution in [0, 0.1) is 0 Å². The number of nitrogens with two attached hydrogens (primary N) is 1. The Kier molecular flexibility index (Phi) is 8.22. The van der Waals surface area contributed by atoms with Crippen molar-refractivity contribution in [2.75, 3.05) is 13.2 Å². The highest BCUT2D eigenvalue weighted by atomic mass is 16.4. The number of nitrogens with one attached hydrogen (secondary N) is 1. The number of carbonyl (C=O) groups excluding carboxylic acids is 1. The number of aliphatic hydroxyl groups is 5. The minimum Gasteiger partial charge on any atom is -0.480 e. The Morgan fingerprint density at radius 2 is 1.55 bits per heavy atom. The summed E-state index contributed by atoms with van der Waals surface area (Å²) >= 11 is 0. The maximum absolute atomic E-state index is 10.8. The Hall–Kier alpha value is -1.30. The molecule has 0 rings (SSSR count). The Balaban J connectivity index is 4.40. The first-order valence-corrected chi connectivity index (χ1v) is 5.78. The third kappa shape index (κ3) is 6.23. The molecule has 0 aliphatic heterocycles. The van der Waals surface area contributed by atoms with Gasteiger partial charge in [0.2, 0.25) is 5.91 Å². The van der Waals surface area contributed by atoms with Crippen molar-refractivity contribution in [3.63, 3.8) is 0 Å². The van der Waals surface area contributed by atoms with Gasteiger partial charge in [0.1, 0.15) is 24.4 Å². The van der Waals surface area contributed by atoms with E-state index < -0.39 is 61.9 Å². The molecule has 0 unspecified atom stereocenters. The number of carboxylic acid groups (broad SMARTS) is 1. The third-order valence-corrected chi connectivity index (χ3v) is 2.60. The average Bonchev–Trinajstić information content (AvgIpc) is 2.39. The number of amides is 1. The maximum atomic E-state index is 10.8. The Morgan fingerprint density at radius 3 is 1.95 bits per heavy atom. The fraction of sp³-hybridized carbons (Fsp3) is 0.800. The van der Waals surface area contributed by atoms with E-state index in [1.54, 1.807) is 0 Å². The van der Waals surface area contributed by atoms with Gasteiger partial charge in [0.05, 0.1) is 19.1 Å². The van der Waals surface area contributed by atoms with Crippen LogP contribution < -0.4 is 11.1 Å². The number of hydrogen-bond donors (Lipinski definition) is 8. The molecule has 0 fully saturated rings. The van der Waals surface area contributed by atoms with E-state index in [1.807, 2.05) is 0 Å². The van der Waals surface area contributed by atoms with E-state index in [9.17, 15) is 24.9 Å². The van der Waals surface area contributed by atoms with Gasteiger partial charge in [0.25, 0.3) is 0 Å². The van der Waals surface area contributed by atoms with E-state index in [-0.39, 0.29) is 0 Å². The molecule has 0 heterocycles. The van der Waals surface area contributed by atoms with E-state index in [0.29, 0.717) is 0 Å². The molecule has 118 valence electrons. The molecule has 5 atom stereocenters. The molecule has 20 heavy (non-hydrogen) atoms. The monoisotopic (exact) mass is 296 g/mol. The molecule has 9 N–H and O–H groups in total. The van der Waals surface area contributed by atoms with Crippen molar-refractivity contribution in [3.8, 4) is 0 Å². The number of aliphatic carboxylic acids is 1. The first-order chi connectivity index (χ1) is 9.20. The lowest BCUT2D eigenvalue weighted by molar-refractivity contribution is -0.142. The van der Waals surface area contributed by atoms with Crippen LogP contribution in [0.5, 0.6) is 0 Å². The highest BCUT2D eigenvalue weighted by molar-refractivity contribution is 5.83. The average molecular weight is 296 g/mol. The standard InChI is InChI=1S/C10H20N2O8/c11-7(16)1-4(10(19)20)12-2-5(14)8(17)9(18)6(15)3-13/h4-6,8-9,12-15,17-18H,1-3H2,(H2,11,16)(H,19,20)/t4-,5+,6+,8+,9+/m0/s1. The number of carbonyl (C=O) groups is 2. The summed E-state index contributed by atoms with van der Waals surface area (Å²) in [6.45, 7) is -1.29. The van der Waals surface area contributed by atoms with Crippen molar-refractivity contribution < 1.29 is 40.2 Å². The summed E-state index contributed by atoms with van der Waals surface area (Å²) in [6.07, 6.45) is -7.41. The molecule has 0 bridgehead atoms. The summed E-state index contributed by atoms with van der Waals surface area (Å²) in [5.41, 5.74) is 4.85. The highest BCUT2D eigenvalue weighted by Crippen LogP contribution is 2.05. The van der Waals surface area contributed by atoms with E-state index >= 15 is 0 Å². The topological polar surface area (TPSA) is 194 Å². The van der Waals surface area contributed by atoms with Gasteiger partial charge in [-0.15, -0.1) is 0 Å². The Bertz CT molecular complexity index is 326. The van der Waals surface area contributed by atoms with Crippen molar-refractivity contribution in [3.05, 3.63) is 0 Å². The summed E-state index contributed by atoms with van der Waals surface area (Å²) in [6, 6.07) is -1.35. The second-order valence-corrected chi connectivity index (χ2v) is 4.27. The minimum atomic E-state index is -1.81. The van der Waals surface area contributed by atoms with Crippen LogP contribution in [-0.4, -0.2) is 86.1 Å². The van der Waals surface area contributed by atoms with Gasteiger partial charge < -0.3 is 41.7 Å². The van der Waals surface area contributed by atoms with Gasteiger partial charge in [-0.25, -0.2) is 0 Å². The molecule has 0 aromatic heterocycles. The van der Waals surface area contributed by atoms with Gasteiger partial charge >= 0.3 is 5.97 Å². The van der Waals surface area contributed by atoms with Crippen molar-refractivity contribution >= 4 is 11.9 Å². The fourth-order valence-corrected chi connectivity index (χ4v) is 1.39. The number of primary amides is 1. The Labute approximate surface area is 114 Å². The van der Waals surface area contributed by atoms with Crippen LogP contribution in [-0.2, 0) is 9.59 Å². The zero-order valence-corrected chi connectivity index (χ0v) is 10.6. The SMILES string of the molecule is NC(=O)C[C@H](NC[C@@H](O)[C@@H](O)[C@H](O)[C@H](O)CO)C(=O)O. The molecule has 0 aromatic carbocycles. The van der Waals surface area contributed by atoms with Crippen molar-refractivity contribution in [2.24, 2.45) is 5.73 Å². The van der Waals surface area contributed by atoms with Gasteiger partial charge in [-0.05, 0) is 0 Å². The van der Waals surface area contributed by atoms with Crippen LogP contribution >= 0.6 is 0 Å². The van der Waals surface area contributed by atoms with Gasteiger partial charge in [-0.1, -0.05) is 0 Å². The summed E-state index contributed by atoms with van der Waals surface area (Å²) in [7, 11) is 0. The van der Waals surface area contributed by atoms with Crippen molar-refractivity contribution in [2.45, 2.75) is 36.9 Å².